The van der Waals surface area contributed by atoms with Crippen molar-refractivity contribution in [2.45, 2.75) is 26.8 Å². The molecule has 0 saturated heterocycles. The van der Waals surface area contributed by atoms with Gasteiger partial charge in [-0.1, -0.05) is 6.07 Å². The highest BCUT2D eigenvalue weighted by Gasteiger charge is 2.39. The molecule has 1 aliphatic rings. The summed E-state index contributed by atoms with van der Waals surface area (Å²) in [6.45, 7) is 5.24. The molecule has 1 aromatic carbocycles. The molecule has 0 radical (unpaired) electrons. The zero-order chi connectivity index (χ0) is 16.4. The number of rotatable bonds is 3. The second-order valence-electron chi connectivity index (χ2n) is 5.01. The average molecular weight is 302 g/mol. The van der Waals surface area contributed by atoms with Gasteiger partial charge < -0.3 is 4.74 Å². The maximum atomic E-state index is 12.1. The summed E-state index contributed by atoms with van der Waals surface area (Å²) in [5.41, 5.74) is 2.42. The number of nitrogens with zero attached hydrogens (tertiary/aromatic N) is 2. The third-order valence-corrected chi connectivity index (χ3v) is 3.31. The predicted octanol–water partition coefficient (Wildman–Crippen LogP) is 1.99. The first kappa shape index (κ1) is 15.6. The molecule has 0 aromatic heterocycles. The maximum absolute atomic E-state index is 12.1. The van der Waals surface area contributed by atoms with Gasteiger partial charge in [-0.2, -0.15) is 0 Å². The number of hydrogen-bond donors (Lipinski definition) is 0. The number of allylic oxidation sites excluding steroid dienone is 1. The Morgan fingerprint density at radius 3 is 2.55 bits per heavy atom. The molecular formula is C15H14N2O5. The van der Waals surface area contributed by atoms with Crippen LogP contribution in [0.15, 0.2) is 35.0 Å². The van der Waals surface area contributed by atoms with Gasteiger partial charge in [0.2, 0.25) is 0 Å². The van der Waals surface area contributed by atoms with Crippen LogP contribution < -0.4 is 0 Å². The SMILES string of the molecule is CC1=NC(=O)C([N+](=O)[O-])C(OC(=O)c2ccc(C)c(C)c2)=C1. The molecule has 1 atom stereocenters. The van der Waals surface area contributed by atoms with Gasteiger partial charge in [0.1, 0.15) is 0 Å². The van der Waals surface area contributed by atoms with Crippen LogP contribution in [0.1, 0.15) is 28.4 Å². The van der Waals surface area contributed by atoms with Gasteiger partial charge in [0.25, 0.3) is 0 Å². The lowest BCUT2D eigenvalue weighted by atomic mass is 10.1. The van der Waals surface area contributed by atoms with E-state index >= 15 is 0 Å². The molecule has 0 fully saturated rings. The van der Waals surface area contributed by atoms with Gasteiger partial charge >= 0.3 is 17.9 Å². The Hall–Kier alpha value is -2.83. The van der Waals surface area contributed by atoms with E-state index in [9.17, 15) is 19.7 Å². The zero-order valence-corrected chi connectivity index (χ0v) is 12.3. The molecule has 114 valence electrons. The van der Waals surface area contributed by atoms with E-state index in [1.54, 1.807) is 18.2 Å². The Kier molecular flexibility index (Phi) is 4.16. The number of ether oxygens (including phenoxy) is 1. The summed E-state index contributed by atoms with van der Waals surface area (Å²) in [4.78, 5) is 37.4. The minimum absolute atomic E-state index is 0.256. The molecule has 0 bridgehead atoms. The number of carbonyl (C=O) groups is 2. The molecule has 1 amide bonds. The molecule has 0 saturated carbocycles. The van der Waals surface area contributed by atoms with Crippen LogP contribution in [0, 0.1) is 24.0 Å². The molecular weight excluding hydrogens is 288 g/mol. The second-order valence-corrected chi connectivity index (χ2v) is 5.01. The lowest BCUT2D eigenvalue weighted by Crippen LogP contribution is -2.35. The molecule has 1 aromatic rings. The number of benzene rings is 1. The van der Waals surface area contributed by atoms with Crippen molar-refractivity contribution in [1.29, 1.82) is 0 Å². The summed E-state index contributed by atoms with van der Waals surface area (Å²) in [7, 11) is 0. The maximum Gasteiger partial charge on any atom is 0.348 e. The summed E-state index contributed by atoms with van der Waals surface area (Å²) in [5, 5.41) is 11.0. The van der Waals surface area contributed by atoms with Crippen LogP contribution in [0.2, 0.25) is 0 Å². The molecule has 0 aliphatic carbocycles. The molecule has 1 aliphatic heterocycles. The van der Waals surface area contributed by atoms with Gasteiger partial charge in [-0.3, -0.25) is 14.9 Å². The summed E-state index contributed by atoms with van der Waals surface area (Å²) < 4.78 is 5.07. The fourth-order valence-corrected chi connectivity index (χ4v) is 1.99. The van der Waals surface area contributed by atoms with Crippen LogP contribution in [0.5, 0.6) is 0 Å². The van der Waals surface area contributed by atoms with Gasteiger partial charge in [-0.15, -0.1) is 0 Å². The normalized spacial score (nSPS) is 17.6. The highest BCUT2D eigenvalue weighted by atomic mass is 16.6. The van der Waals surface area contributed by atoms with Crippen molar-refractivity contribution in [3.8, 4) is 0 Å². The first-order valence-electron chi connectivity index (χ1n) is 6.53. The number of esters is 1. The Labute approximate surface area is 126 Å². The van der Waals surface area contributed by atoms with Gasteiger partial charge in [-0.25, -0.2) is 9.79 Å². The van der Waals surface area contributed by atoms with Gasteiger partial charge in [0, 0.05) is 16.7 Å². The molecule has 7 heteroatoms. The minimum atomic E-state index is -1.78. The third kappa shape index (κ3) is 3.08. The van der Waals surface area contributed by atoms with Crippen LogP contribution in [0.4, 0.5) is 0 Å². The van der Waals surface area contributed by atoms with E-state index in [0.717, 1.165) is 11.1 Å². The first-order chi connectivity index (χ1) is 10.3. The van der Waals surface area contributed by atoms with E-state index < -0.39 is 22.8 Å². The van der Waals surface area contributed by atoms with Gasteiger partial charge in [-0.05, 0) is 44.0 Å². The van der Waals surface area contributed by atoms with Crippen molar-refractivity contribution in [1.82, 2.24) is 0 Å². The number of aliphatic imine (C=N–C) groups is 1. The van der Waals surface area contributed by atoms with E-state index in [0.29, 0.717) is 0 Å². The Morgan fingerprint density at radius 2 is 1.95 bits per heavy atom. The summed E-state index contributed by atoms with van der Waals surface area (Å²) in [6, 6.07) is 3.17. The highest BCUT2D eigenvalue weighted by molar-refractivity contribution is 6.06. The van der Waals surface area contributed by atoms with Crippen LogP contribution >= 0.6 is 0 Å². The lowest BCUT2D eigenvalue weighted by Gasteiger charge is -2.14. The first-order valence-corrected chi connectivity index (χ1v) is 6.53. The van der Waals surface area contributed by atoms with Crippen LogP contribution in [0.3, 0.4) is 0 Å². The van der Waals surface area contributed by atoms with Crippen LogP contribution in [-0.4, -0.2) is 28.6 Å². The number of aryl methyl sites for hydroxylation is 2. The van der Waals surface area contributed by atoms with Gasteiger partial charge in [0.05, 0.1) is 5.56 Å². The standard InChI is InChI=1S/C15H14N2O5/c1-8-4-5-11(6-9(8)2)15(19)22-12-7-10(3)16-14(18)13(12)17(20)21/h4-7,13H,1-3H3. The Balaban J connectivity index is 2.29. The van der Waals surface area contributed by atoms with E-state index in [4.69, 9.17) is 4.74 Å². The van der Waals surface area contributed by atoms with Crippen LogP contribution in [-0.2, 0) is 9.53 Å². The predicted molar refractivity (Wildman–Crippen MR) is 78.3 cm³/mol. The molecule has 0 N–H and O–H groups in total. The van der Waals surface area contributed by atoms with Crippen molar-refractivity contribution in [3.63, 3.8) is 0 Å². The van der Waals surface area contributed by atoms with Crippen molar-refractivity contribution >= 4 is 17.6 Å². The van der Waals surface area contributed by atoms with E-state index in [2.05, 4.69) is 4.99 Å². The fraction of sp³-hybridized carbons (Fsp3) is 0.267. The van der Waals surface area contributed by atoms with Gasteiger partial charge in [0.15, 0.2) is 5.76 Å². The Bertz CT molecular complexity index is 733. The molecule has 0 spiro atoms. The Morgan fingerprint density at radius 1 is 1.27 bits per heavy atom. The molecule has 2 rings (SSSR count). The summed E-state index contributed by atoms with van der Waals surface area (Å²) in [6.07, 6.45) is 1.23. The van der Waals surface area contributed by atoms with E-state index in [1.165, 1.54) is 13.0 Å². The molecule has 1 unspecified atom stereocenters. The number of amides is 1. The quantitative estimate of drug-likeness (QED) is 0.483. The molecule has 7 nitrogen and oxygen atoms in total. The van der Waals surface area contributed by atoms with Crippen LogP contribution in [0.25, 0.3) is 0 Å². The highest BCUT2D eigenvalue weighted by Crippen LogP contribution is 2.18. The van der Waals surface area contributed by atoms with Crippen molar-refractivity contribution in [3.05, 3.63) is 56.8 Å². The fourth-order valence-electron chi connectivity index (χ4n) is 1.99. The molecule has 1 heterocycles. The number of hydrogen-bond acceptors (Lipinski definition) is 5. The smallest absolute Gasteiger partial charge is 0.348 e. The second kappa shape index (κ2) is 5.88. The minimum Gasteiger partial charge on any atom is -0.419 e. The molecule has 22 heavy (non-hydrogen) atoms. The monoisotopic (exact) mass is 302 g/mol. The van der Waals surface area contributed by atoms with Crippen molar-refractivity contribution in [2.75, 3.05) is 0 Å². The topological polar surface area (TPSA) is 98.9 Å². The lowest BCUT2D eigenvalue weighted by molar-refractivity contribution is -0.501. The van der Waals surface area contributed by atoms with E-state index in [1.807, 2.05) is 13.8 Å². The average Bonchev–Trinajstić information content (AvgIpc) is 2.40. The number of nitro groups is 1. The summed E-state index contributed by atoms with van der Waals surface area (Å²) in [5.74, 6) is -2.01. The van der Waals surface area contributed by atoms with E-state index in [-0.39, 0.29) is 17.0 Å². The number of dihydropyridines is 1. The van der Waals surface area contributed by atoms with Crippen molar-refractivity contribution < 1.29 is 19.2 Å². The van der Waals surface area contributed by atoms with Crippen molar-refractivity contribution in [2.24, 2.45) is 4.99 Å². The zero-order valence-electron chi connectivity index (χ0n) is 12.3. The number of carbonyl (C=O) groups excluding carboxylic acids is 2. The third-order valence-electron chi connectivity index (χ3n) is 3.31. The largest absolute Gasteiger partial charge is 0.419 e. The summed E-state index contributed by atoms with van der Waals surface area (Å²) >= 11 is 0.